The molecule has 1 aromatic carbocycles. The van der Waals surface area contributed by atoms with Crippen LogP contribution in [0.5, 0.6) is 0 Å². The summed E-state index contributed by atoms with van der Waals surface area (Å²) in [5, 5.41) is 21.2. The topological polar surface area (TPSA) is 140 Å². The Balaban J connectivity index is 1.66. The van der Waals surface area contributed by atoms with Crippen LogP contribution in [0, 0.1) is 15.9 Å². The molecule has 1 amide bonds. The van der Waals surface area contributed by atoms with Crippen molar-refractivity contribution in [3.8, 4) is 0 Å². The first-order valence-corrected chi connectivity index (χ1v) is 11.0. The van der Waals surface area contributed by atoms with Crippen molar-refractivity contribution < 1.29 is 18.8 Å². The number of amides is 1. The summed E-state index contributed by atoms with van der Waals surface area (Å²) in [4.78, 5) is 33.4. The third-order valence-electron chi connectivity index (χ3n) is 5.08. The van der Waals surface area contributed by atoms with Gasteiger partial charge in [-0.1, -0.05) is 6.08 Å². The maximum Gasteiger partial charge on any atom is 0.410 e. The fourth-order valence-electron chi connectivity index (χ4n) is 3.45. The highest BCUT2D eigenvalue weighted by Gasteiger charge is 2.27. The normalized spacial score (nSPS) is 13.4. The van der Waals surface area contributed by atoms with Crippen molar-refractivity contribution >= 4 is 40.5 Å². The maximum atomic E-state index is 14.6. The molecule has 0 saturated heterocycles. The summed E-state index contributed by atoms with van der Waals surface area (Å²) in [6, 6.07) is 3.18. The van der Waals surface area contributed by atoms with Crippen molar-refractivity contribution in [3.05, 3.63) is 64.4 Å². The van der Waals surface area contributed by atoms with Gasteiger partial charge in [0.05, 0.1) is 22.5 Å². The molecule has 0 bridgehead atoms. The van der Waals surface area contributed by atoms with Crippen molar-refractivity contribution in [2.75, 3.05) is 23.7 Å². The molecule has 13 heteroatoms. The van der Waals surface area contributed by atoms with Crippen molar-refractivity contribution in [1.29, 1.82) is 0 Å². The minimum Gasteiger partial charge on any atom is -0.444 e. The summed E-state index contributed by atoms with van der Waals surface area (Å²) < 4.78 is 21.6. The Morgan fingerprint density at radius 3 is 2.69 bits per heavy atom. The zero-order valence-electron chi connectivity index (χ0n) is 20.1. The van der Waals surface area contributed by atoms with E-state index in [0.717, 1.165) is 18.2 Å². The fourth-order valence-corrected chi connectivity index (χ4v) is 3.45. The van der Waals surface area contributed by atoms with Crippen LogP contribution in [0.15, 0.2) is 42.9 Å². The van der Waals surface area contributed by atoms with Gasteiger partial charge < -0.3 is 20.3 Å². The van der Waals surface area contributed by atoms with E-state index < -0.39 is 22.4 Å². The van der Waals surface area contributed by atoms with E-state index in [9.17, 15) is 19.3 Å². The molecule has 2 aromatic heterocycles. The first-order valence-electron chi connectivity index (χ1n) is 11.0. The lowest BCUT2D eigenvalue weighted by Crippen LogP contribution is -2.35. The lowest BCUT2D eigenvalue weighted by atomic mass is 10.1. The molecule has 0 atom stereocenters. The number of carbonyl (C=O) groups is 1. The highest BCUT2D eigenvalue weighted by molar-refractivity contribution is 5.83. The number of halogens is 1. The molecule has 0 spiro atoms. The number of hydrogen-bond donors (Lipinski definition) is 2. The van der Waals surface area contributed by atoms with Gasteiger partial charge in [-0.25, -0.2) is 14.2 Å². The van der Waals surface area contributed by atoms with Gasteiger partial charge in [0, 0.05) is 50.2 Å². The summed E-state index contributed by atoms with van der Waals surface area (Å²) in [6.07, 6.45) is 6.20. The fraction of sp³-hybridized carbons (Fsp3) is 0.304. The van der Waals surface area contributed by atoms with E-state index in [1.165, 1.54) is 11.1 Å². The number of anilines is 4. The Kier molecular flexibility index (Phi) is 6.55. The average molecular weight is 497 g/mol. The highest BCUT2D eigenvalue weighted by Crippen LogP contribution is 2.32. The molecule has 0 fully saturated rings. The van der Waals surface area contributed by atoms with Gasteiger partial charge in [-0.3, -0.25) is 14.8 Å². The Labute approximate surface area is 205 Å². The monoisotopic (exact) mass is 496 g/mol. The molecule has 1 aliphatic heterocycles. The van der Waals surface area contributed by atoms with Gasteiger partial charge in [0.15, 0.2) is 0 Å². The van der Waals surface area contributed by atoms with Crippen LogP contribution in [-0.4, -0.2) is 54.4 Å². The minimum absolute atomic E-state index is 0.126. The standard InChI is InChI=1S/C23H25FN8O4/c1-23(2,3)36-22(33)31-8-7-14(12-31)17-11-25-21(27-15-10-26-30(4)13-15)29-20(17)28-19-9-16(32(34)35)5-6-18(19)24/h5-7,9-11,13H,8,12H2,1-4H3,(H2,25,27,28,29). The Hall–Kier alpha value is -4.55. The van der Waals surface area contributed by atoms with E-state index in [-0.39, 0.29) is 29.7 Å². The van der Waals surface area contributed by atoms with E-state index in [1.54, 1.807) is 44.9 Å². The van der Waals surface area contributed by atoms with Gasteiger partial charge in [0.1, 0.15) is 17.2 Å². The van der Waals surface area contributed by atoms with Gasteiger partial charge in [-0.05, 0) is 32.4 Å². The highest BCUT2D eigenvalue weighted by atomic mass is 19.1. The first-order chi connectivity index (χ1) is 17.0. The summed E-state index contributed by atoms with van der Waals surface area (Å²) in [5.74, 6) is -0.293. The Morgan fingerprint density at radius 2 is 2.03 bits per heavy atom. The Morgan fingerprint density at radius 1 is 1.25 bits per heavy atom. The van der Waals surface area contributed by atoms with Crippen LogP contribution < -0.4 is 10.6 Å². The molecule has 0 unspecified atom stereocenters. The average Bonchev–Trinajstić information content (AvgIpc) is 3.43. The summed E-state index contributed by atoms with van der Waals surface area (Å²) in [7, 11) is 1.76. The van der Waals surface area contributed by atoms with Crippen LogP contribution in [0.1, 0.15) is 26.3 Å². The minimum atomic E-state index is -0.692. The molecule has 2 N–H and O–H groups in total. The maximum absolute atomic E-state index is 14.6. The van der Waals surface area contributed by atoms with Crippen molar-refractivity contribution in [2.24, 2.45) is 7.05 Å². The van der Waals surface area contributed by atoms with Gasteiger partial charge in [-0.15, -0.1) is 0 Å². The molecule has 12 nitrogen and oxygen atoms in total. The number of aryl methyl sites for hydroxylation is 1. The van der Waals surface area contributed by atoms with Gasteiger partial charge in [0.2, 0.25) is 5.95 Å². The second-order valence-electron chi connectivity index (χ2n) is 9.12. The van der Waals surface area contributed by atoms with Crippen LogP contribution in [-0.2, 0) is 11.8 Å². The molecule has 1 aliphatic rings. The van der Waals surface area contributed by atoms with Gasteiger partial charge in [0.25, 0.3) is 5.69 Å². The second kappa shape index (κ2) is 9.60. The third kappa shape index (κ3) is 5.74. The number of nitro groups is 1. The lowest BCUT2D eigenvalue weighted by Gasteiger charge is -2.24. The zero-order chi connectivity index (χ0) is 26.0. The molecule has 36 heavy (non-hydrogen) atoms. The quantitative estimate of drug-likeness (QED) is 0.376. The number of ether oxygens (including phenoxy) is 1. The van der Waals surface area contributed by atoms with Crippen LogP contribution >= 0.6 is 0 Å². The number of carbonyl (C=O) groups excluding carboxylic acids is 1. The SMILES string of the molecule is Cn1cc(Nc2ncc(C3=CCN(C(=O)OC(C)(C)C)C3)c(Nc3cc([N+](=O)[O-])ccc3F)n2)cn1. The molecule has 3 heterocycles. The molecule has 3 aromatic rings. The summed E-state index contributed by atoms with van der Waals surface area (Å²) >= 11 is 0. The number of nitrogens with zero attached hydrogens (tertiary/aromatic N) is 6. The van der Waals surface area contributed by atoms with E-state index in [4.69, 9.17) is 4.74 Å². The number of aromatic nitrogens is 4. The van der Waals surface area contributed by atoms with Crippen molar-refractivity contribution in [1.82, 2.24) is 24.6 Å². The number of nitrogens with one attached hydrogen (secondary N) is 2. The lowest BCUT2D eigenvalue weighted by molar-refractivity contribution is -0.384. The Bertz CT molecular complexity index is 1350. The van der Waals surface area contributed by atoms with Crippen molar-refractivity contribution in [3.63, 3.8) is 0 Å². The van der Waals surface area contributed by atoms with Gasteiger partial charge in [-0.2, -0.15) is 10.1 Å². The predicted octanol–water partition coefficient (Wildman–Crippen LogP) is 4.38. The molecule has 0 aliphatic carbocycles. The number of non-ortho nitro benzene ring substituents is 1. The van der Waals surface area contributed by atoms with Crippen LogP contribution in [0.4, 0.5) is 38.0 Å². The first kappa shape index (κ1) is 24.6. The molecule has 188 valence electrons. The van der Waals surface area contributed by atoms with E-state index in [2.05, 4.69) is 25.7 Å². The van der Waals surface area contributed by atoms with Crippen molar-refractivity contribution in [2.45, 2.75) is 26.4 Å². The number of hydrogen-bond acceptors (Lipinski definition) is 9. The van der Waals surface area contributed by atoms with Crippen LogP contribution in [0.2, 0.25) is 0 Å². The van der Waals surface area contributed by atoms with Crippen LogP contribution in [0.3, 0.4) is 0 Å². The molecular weight excluding hydrogens is 471 g/mol. The number of rotatable bonds is 6. The largest absolute Gasteiger partial charge is 0.444 e. The molecule has 0 saturated carbocycles. The predicted molar refractivity (Wildman–Crippen MR) is 131 cm³/mol. The van der Waals surface area contributed by atoms with E-state index in [1.807, 2.05) is 6.08 Å². The second-order valence-corrected chi connectivity index (χ2v) is 9.12. The molecule has 0 radical (unpaired) electrons. The van der Waals surface area contributed by atoms with E-state index >= 15 is 0 Å². The molecular formula is C23H25FN8O4. The zero-order valence-corrected chi connectivity index (χ0v) is 20.1. The third-order valence-corrected chi connectivity index (χ3v) is 5.08. The van der Waals surface area contributed by atoms with Gasteiger partial charge >= 0.3 is 6.09 Å². The smallest absolute Gasteiger partial charge is 0.410 e. The number of nitro benzene ring substituents is 1. The number of benzene rings is 1. The van der Waals surface area contributed by atoms with E-state index in [0.29, 0.717) is 23.4 Å². The summed E-state index contributed by atoms with van der Waals surface area (Å²) in [5.41, 5.74) is 0.799. The summed E-state index contributed by atoms with van der Waals surface area (Å²) in [6.45, 7) is 5.89. The van der Waals surface area contributed by atoms with Crippen LogP contribution in [0.25, 0.3) is 5.57 Å². The molecule has 4 rings (SSSR count).